The molecule has 4 aromatic rings. The molecule has 208 valence electrons. The van der Waals surface area contributed by atoms with Gasteiger partial charge in [-0.05, 0) is 42.7 Å². The van der Waals surface area contributed by atoms with E-state index in [-0.39, 0.29) is 17.3 Å². The SMILES string of the molecule is CC(C)C[C@H]1N[C@@]2(c3ccccc3-n3c2nc2ccccc2c3=O)[C@H]2C(=O)N(c3ccccc3C(F)(F)F)C(=O)[C@@H]12. The van der Waals surface area contributed by atoms with Gasteiger partial charge in [0.25, 0.3) is 5.56 Å². The summed E-state index contributed by atoms with van der Waals surface area (Å²) in [6, 6.07) is 18.1. The highest BCUT2D eigenvalue weighted by Crippen LogP contribution is 2.56. The van der Waals surface area contributed by atoms with Crippen LogP contribution in [0.1, 0.15) is 37.2 Å². The minimum atomic E-state index is -4.78. The zero-order valence-corrected chi connectivity index (χ0v) is 22.1. The Kier molecular flexibility index (Phi) is 5.38. The van der Waals surface area contributed by atoms with Gasteiger partial charge in [-0.2, -0.15) is 13.2 Å². The molecule has 10 heteroatoms. The van der Waals surface area contributed by atoms with Crippen LogP contribution in [0.15, 0.2) is 77.6 Å². The molecule has 3 aliphatic rings. The monoisotopic (exact) mass is 558 g/mol. The molecule has 2 saturated heterocycles. The third-order valence-electron chi connectivity index (χ3n) is 8.54. The Morgan fingerprint density at radius 3 is 2.29 bits per heavy atom. The fourth-order valence-electron chi connectivity index (χ4n) is 7.08. The first-order valence-electron chi connectivity index (χ1n) is 13.5. The molecule has 2 fully saturated rings. The van der Waals surface area contributed by atoms with E-state index in [1.54, 1.807) is 48.5 Å². The predicted molar refractivity (Wildman–Crippen MR) is 145 cm³/mol. The van der Waals surface area contributed by atoms with E-state index in [1.165, 1.54) is 16.7 Å². The minimum absolute atomic E-state index is 0.103. The Hall–Kier alpha value is -4.31. The fourth-order valence-corrected chi connectivity index (χ4v) is 7.08. The summed E-state index contributed by atoms with van der Waals surface area (Å²) in [7, 11) is 0. The molecule has 7 nitrogen and oxygen atoms in total. The van der Waals surface area contributed by atoms with Crippen molar-refractivity contribution in [3.63, 3.8) is 0 Å². The van der Waals surface area contributed by atoms with Gasteiger partial charge in [0.15, 0.2) is 0 Å². The lowest BCUT2D eigenvalue weighted by Crippen LogP contribution is -2.50. The first-order chi connectivity index (χ1) is 19.6. The van der Waals surface area contributed by atoms with Crippen molar-refractivity contribution in [1.29, 1.82) is 0 Å². The number of para-hydroxylation sites is 3. The van der Waals surface area contributed by atoms with Gasteiger partial charge in [0, 0.05) is 11.6 Å². The van der Waals surface area contributed by atoms with E-state index in [0.717, 1.165) is 12.1 Å². The van der Waals surface area contributed by atoms with E-state index in [9.17, 15) is 27.6 Å². The third-order valence-corrected chi connectivity index (χ3v) is 8.54. The molecule has 4 atom stereocenters. The number of alkyl halides is 3. The molecule has 2 amide bonds. The summed E-state index contributed by atoms with van der Waals surface area (Å²) in [6.45, 7) is 3.96. The van der Waals surface area contributed by atoms with Crippen molar-refractivity contribution in [2.45, 2.75) is 38.0 Å². The summed E-state index contributed by atoms with van der Waals surface area (Å²) in [5.74, 6) is -3.16. The zero-order valence-electron chi connectivity index (χ0n) is 22.1. The maximum absolute atomic E-state index is 14.4. The van der Waals surface area contributed by atoms with Gasteiger partial charge in [-0.3, -0.25) is 24.3 Å². The lowest BCUT2D eigenvalue weighted by Gasteiger charge is -2.32. The summed E-state index contributed by atoms with van der Waals surface area (Å²) in [5.41, 5.74) is -1.73. The molecule has 3 aliphatic heterocycles. The molecule has 3 aromatic carbocycles. The van der Waals surface area contributed by atoms with Gasteiger partial charge < -0.3 is 0 Å². The van der Waals surface area contributed by atoms with Gasteiger partial charge >= 0.3 is 6.18 Å². The highest BCUT2D eigenvalue weighted by atomic mass is 19.4. The Balaban J connectivity index is 1.51. The molecular formula is C31H25F3N4O3. The van der Waals surface area contributed by atoms with Crippen LogP contribution in [0.5, 0.6) is 0 Å². The van der Waals surface area contributed by atoms with Crippen molar-refractivity contribution in [3.8, 4) is 5.69 Å². The average molecular weight is 559 g/mol. The summed E-state index contributed by atoms with van der Waals surface area (Å²) in [5, 5.41) is 3.96. The second-order valence-corrected chi connectivity index (χ2v) is 11.3. The number of aromatic nitrogens is 2. The smallest absolute Gasteiger partial charge is 0.297 e. The van der Waals surface area contributed by atoms with Crippen molar-refractivity contribution < 1.29 is 22.8 Å². The number of nitrogens with zero attached hydrogens (tertiary/aromatic N) is 3. The molecule has 1 spiro atoms. The number of hydrogen-bond donors (Lipinski definition) is 1. The van der Waals surface area contributed by atoms with Crippen LogP contribution < -0.4 is 15.8 Å². The van der Waals surface area contributed by atoms with E-state index >= 15 is 0 Å². The standard InChI is InChI=1S/C31H25F3N4O3/c1-16(2)15-21-24-25(28(41)37(27(24)40)23-14-8-5-11-19(23)31(32,33)34)30(36-21)18-10-4-7-13-22(18)38-26(39)17-9-3-6-12-20(17)35-29(30)38/h3-14,16,21,24-25,36H,15H2,1-2H3/t21-,24+,25-,30+/m1/s1. The molecule has 1 N–H and O–H groups in total. The summed E-state index contributed by atoms with van der Waals surface area (Å²) in [4.78, 5) is 48.0. The van der Waals surface area contributed by atoms with Crippen molar-refractivity contribution in [1.82, 2.24) is 14.9 Å². The van der Waals surface area contributed by atoms with E-state index in [4.69, 9.17) is 4.98 Å². The number of rotatable bonds is 3. The molecule has 0 aliphatic carbocycles. The fraction of sp³-hybridized carbons (Fsp3) is 0.290. The maximum atomic E-state index is 14.4. The molecule has 0 bridgehead atoms. The molecule has 4 heterocycles. The highest BCUT2D eigenvalue weighted by molar-refractivity contribution is 6.23. The second-order valence-electron chi connectivity index (χ2n) is 11.3. The van der Waals surface area contributed by atoms with Crippen LogP contribution in [0, 0.1) is 17.8 Å². The number of imide groups is 1. The number of fused-ring (bicyclic) bond motifs is 8. The second kappa shape index (κ2) is 8.59. The normalized spacial score (nSPS) is 24.9. The van der Waals surface area contributed by atoms with E-state index in [2.05, 4.69) is 5.32 Å². The summed E-state index contributed by atoms with van der Waals surface area (Å²) < 4.78 is 43.7. The molecule has 0 unspecified atom stereocenters. The number of anilines is 1. The molecule has 41 heavy (non-hydrogen) atoms. The Labute approximate surface area is 232 Å². The molecule has 0 radical (unpaired) electrons. The van der Waals surface area contributed by atoms with Gasteiger partial charge in [0.2, 0.25) is 11.8 Å². The van der Waals surface area contributed by atoms with Gasteiger partial charge in [0.05, 0.1) is 39.7 Å². The minimum Gasteiger partial charge on any atom is -0.297 e. The van der Waals surface area contributed by atoms with Crippen LogP contribution in [0.2, 0.25) is 0 Å². The van der Waals surface area contributed by atoms with Crippen molar-refractivity contribution in [2.75, 3.05) is 4.90 Å². The zero-order chi connectivity index (χ0) is 28.8. The van der Waals surface area contributed by atoms with Crippen LogP contribution in [-0.4, -0.2) is 27.4 Å². The largest absolute Gasteiger partial charge is 0.418 e. The van der Waals surface area contributed by atoms with E-state index < -0.39 is 52.7 Å². The van der Waals surface area contributed by atoms with E-state index in [0.29, 0.717) is 33.5 Å². The molecule has 7 rings (SSSR count). The topological polar surface area (TPSA) is 84.3 Å². The highest BCUT2D eigenvalue weighted by Gasteiger charge is 2.70. The number of carbonyl (C=O) groups excluding carboxylic acids is 2. The lowest BCUT2D eigenvalue weighted by atomic mass is 9.75. The van der Waals surface area contributed by atoms with Crippen LogP contribution >= 0.6 is 0 Å². The number of carbonyl (C=O) groups is 2. The Morgan fingerprint density at radius 2 is 1.56 bits per heavy atom. The number of amides is 2. The molecular weight excluding hydrogens is 533 g/mol. The van der Waals surface area contributed by atoms with Crippen molar-refractivity contribution >= 4 is 28.4 Å². The first kappa shape index (κ1) is 25.6. The first-order valence-corrected chi connectivity index (χ1v) is 13.5. The van der Waals surface area contributed by atoms with Gasteiger partial charge in [-0.1, -0.05) is 56.3 Å². The number of halogens is 3. The van der Waals surface area contributed by atoms with Crippen LogP contribution in [-0.2, 0) is 21.3 Å². The van der Waals surface area contributed by atoms with Gasteiger partial charge in [0.1, 0.15) is 11.4 Å². The summed E-state index contributed by atoms with van der Waals surface area (Å²) in [6.07, 6.45) is -4.29. The van der Waals surface area contributed by atoms with Crippen molar-refractivity contribution in [2.24, 2.45) is 17.8 Å². The van der Waals surface area contributed by atoms with Crippen LogP contribution in [0.4, 0.5) is 18.9 Å². The average Bonchev–Trinajstić information content (AvgIpc) is 3.51. The van der Waals surface area contributed by atoms with Crippen LogP contribution in [0.25, 0.3) is 16.6 Å². The number of nitrogens with one attached hydrogen (secondary N) is 1. The van der Waals surface area contributed by atoms with E-state index in [1.807, 2.05) is 13.8 Å². The Bertz CT molecular complexity index is 1830. The third kappa shape index (κ3) is 3.37. The van der Waals surface area contributed by atoms with Gasteiger partial charge in [-0.15, -0.1) is 0 Å². The van der Waals surface area contributed by atoms with Gasteiger partial charge in [-0.25, -0.2) is 9.88 Å². The van der Waals surface area contributed by atoms with Crippen molar-refractivity contribution in [3.05, 3.63) is 100 Å². The molecule has 0 saturated carbocycles. The summed E-state index contributed by atoms with van der Waals surface area (Å²) >= 11 is 0. The molecule has 1 aromatic heterocycles. The number of hydrogen-bond acceptors (Lipinski definition) is 5. The Morgan fingerprint density at radius 1 is 0.902 bits per heavy atom. The maximum Gasteiger partial charge on any atom is 0.418 e. The predicted octanol–water partition coefficient (Wildman–Crippen LogP) is 4.79. The quantitative estimate of drug-likeness (QED) is 0.366. The van der Waals surface area contributed by atoms with Crippen LogP contribution in [0.3, 0.4) is 0 Å². The number of benzene rings is 3. The lowest BCUT2D eigenvalue weighted by molar-refractivity contribution is -0.137.